The molecule has 1 aromatic carbocycles. The highest BCUT2D eigenvalue weighted by molar-refractivity contribution is 6.02. The molecule has 1 atom stereocenters. The summed E-state index contributed by atoms with van der Waals surface area (Å²) in [7, 11) is 0. The van der Waals surface area contributed by atoms with Crippen molar-refractivity contribution in [3.8, 4) is 0 Å². The highest BCUT2D eigenvalue weighted by atomic mass is 16.5. The zero-order valence-corrected chi connectivity index (χ0v) is 9.90. The summed E-state index contributed by atoms with van der Waals surface area (Å²) in [6, 6.07) is 8.35. The van der Waals surface area contributed by atoms with E-state index in [2.05, 4.69) is 48.3 Å². The smallest absolute Gasteiger partial charge is 0.205 e. The number of hydrogen-bond donors (Lipinski definition) is 0. The van der Waals surface area contributed by atoms with Crippen LogP contribution in [-0.4, -0.2) is 18.2 Å². The van der Waals surface area contributed by atoms with Gasteiger partial charge in [-0.25, -0.2) is 0 Å². The second-order valence-corrected chi connectivity index (χ2v) is 4.18. The van der Waals surface area contributed by atoms with Gasteiger partial charge in [0.15, 0.2) is 0 Å². The third-order valence-corrected chi connectivity index (χ3v) is 2.65. The van der Waals surface area contributed by atoms with Crippen LogP contribution in [0, 0.1) is 12.8 Å². The van der Waals surface area contributed by atoms with Crippen molar-refractivity contribution in [2.75, 3.05) is 6.61 Å². The molecule has 2 rings (SSSR count). The van der Waals surface area contributed by atoms with Crippen molar-refractivity contribution in [2.45, 2.75) is 20.8 Å². The molecule has 1 unspecified atom stereocenters. The van der Waals surface area contributed by atoms with Crippen LogP contribution in [0.2, 0.25) is 0 Å². The van der Waals surface area contributed by atoms with E-state index in [4.69, 9.17) is 4.74 Å². The van der Waals surface area contributed by atoms with E-state index < -0.39 is 0 Å². The summed E-state index contributed by atoms with van der Waals surface area (Å²) in [4.78, 5) is 0. The Morgan fingerprint density at radius 1 is 1.12 bits per heavy atom. The van der Waals surface area contributed by atoms with Gasteiger partial charge in [-0.15, -0.1) is 5.10 Å². The zero-order valence-electron chi connectivity index (χ0n) is 9.90. The lowest BCUT2D eigenvalue weighted by atomic mass is 9.98. The summed E-state index contributed by atoms with van der Waals surface area (Å²) in [5, 5.41) is 8.30. The van der Waals surface area contributed by atoms with Crippen molar-refractivity contribution in [1.29, 1.82) is 0 Å². The first-order chi connectivity index (χ1) is 7.66. The number of ether oxygens (including phenoxy) is 1. The normalized spacial score (nSPS) is 20.6. The highest BCUT2D eigenvalue weighted by Crippen LogP contribution is 2.14. The fourth-order valence-electron chi connectivity index (χ4n) is 1.64. The van der Waals surface area contributed by atoms with Crippen LogP contribution in [0.25, 0.3) is 0 Å². The van der Waals surface area contributed by atoms with Crippen LogP contribution in [0.5, 0.6) is 0 Å². The second-order valence-electron chi connectivity index (χ2n) is 4.18. The molecular weight excluding hydrogens is 200 g/mol. The van der Waals surface area contributed by atoms with E-state index in [1.165, 1.54) is 5.56 Å². The highest BCUT2D eigenvalue weighted by Gasteiger charge is 2.16. The molecule has 0 saturated heterocycles. The van der Waals surface area contributed by atoms with E-state index in [1.54, 1.807) is 0 Å². The first-order valence-electron chi connectivity index (χ1n) is 5.49. The van der Waals surface area contributed by atoms with Crippen LogP contribution in [0.4, 0.5) is 0 Å². The third kappa shape index (κ3) is 2.30. The summed E-state index contributed by atoms with van der Waals surface area (Å²) in [6.07, 6.45) is 0. The fourth-order valence-corrected chi connectivity index (χ4v) is 1.64. The number of rotatable bonds is 1. The molecule has 0 aliphatic carbocycles. The lowest BCUT2D eigenvalue weighted by Gasteiger charge is -2.11. The van der Waals surface area contributed by atoms with Gasteiger partial charge in [0.25, 0.3) is 0 Å². The first-order valence-corrected chi connectivity index (χ1v) is 5.49. The Labute approximate surface area is 95.9 Å². The van der Waals surface area contributed by atoms with Crippen LogP contribution in [-0.2, 0) is 4.74 Å². The molecule has 3 heteroatoms. The molecule has 3 nitrogen and oxygen atoms in total. The van der Waals surface area contributed by atoms with Gasteiger partial charge in [-0.1, -0.05) is 36.8 Å². The quantitative estimate of drug-likeness (QED) is 0.710. The molecule has 0 N–H and O–H groups in total. The zero-order chi connectivity index (χ0) is 11.5. The maximum atomic E-state index is 5.43. The van der Waals surface area contributed by atoms with Crippen LogP contribution in [0.3, 0.4) is 0 Å². The SMILES string of the molecule is CC1=NN=C(c2ccc(C)cc2)C(C)CO1. The van der Waals surface area contributed by atoms with E-state index in [1.807, 2.05) is 6.92 Å². The summed E-state index contributed by atoms with van der Waals surface area (Å²) in [5.41, 5.74) is 3.37. The van der Waals surface area contributed by atoms with E-state index in [0.717, 1.165) is 11.3 Å². The molecule has 84 valence electrons. The van der Waals surface area contributed by atoms with E-state index in [-0.39, 0.29) is 5.92 Å². The Hall–Kier alpha value is -1.64. The molecule has 0 bridgehead atoms. The summed E-state index contributed by atoms with van der Waals surface area (Å²) in [6.45, 7) is 6.65. The molecular formula is C13H16N2O. The molecule has 0 amide bonds. The van der Waals surface area contributed by atoms with Crippen LogP contribution in [0.1, 0.15) is 25.0 Å². The van der Waals surface area contributed by atoms with Crippen molar-refractivity contribution in [3.63, 3.8) is 0 Å². The van der Waals surface area contributed by atoms with Gasteiger partial charge < -0.3 is 4.74 Å². The molecule has 0 aromatic heterocycles. The number of nitrogens with zero attached hydrogens (tertiary/aromatic N) is 2. The Kier molecular flexibility index (Phi) is 3.04. The molecule has 1 aliphatic rings. The van der Waals surface area contributed by atoms with Crippen molar-refractivity contribution in [2.24, 2.45) is 16.1 Å². The van der Waals surface area contributed by atoms with Crippen LogP contribution in [0.15, 0.2) is 34.5 Å². The Bertz CT molecular complexity index is 432. The lowest BCUT2D eigenvalue weighted by Crippen LogP contribution is -2.17. The van der Waals surface area contributed by atoms with Crippen molar-refractivity contribution >= 4 is 11.6 Å². The number of hydrogen-bond acceptors (Lipinski definition) is 3. The fraction of sp³-hybridized carbons (Fsp3) is 0.385. The largest absolute Gasteiger partial charge is 0.479 e. The van der Waals surface area contributed by atoms with E-state index in [0.29, 0.717) is 12.5 Å². The number of aryl methyl sites for hydroxylation is 1. The van der Waals surface area contributed by atoms with Crippen LogP contribution < -0.4 is 0 Å². The van der Waals surface area contributed by atoms with Gasteiger partial charge in [-0.2, -0.15) is 5.10 Å². The van der Waals surface area contributed by atoms with Crippen molar-refractivity contribution in [1.82, 2.24) is 0 Å². The maximum absolute atomic E-state index is 5.43. The van der Waals surface area contributed by atoms with Gasteiger partial charge in [-0.3, -0.25) is 0 Å². The van der Waals surface area contributed by atoms with Gasteiger partial charge >= 0.3 is 0 Å². The van der Waals surface area contributed by atoms with Crippen molar-refractivity contribution in [3.05, 3.63) is 35.4 Å². The summed E-state index contributed by atoms with van der Waals surface area (Å²) >= 11 is 0. The maximum Gasteiger partial charge on any atom is 0.205 e. The second kappa shape index (κ2) is 4.47. The van der Waals surface area contributed by atoms with Crippen LogP contribution >= 0.6 is 0 Å². The topological polar surface area (TPSA) is 34.0 Å². The molecule has 0 fully saturated rings. The van der Waals surface area contributed by atoms with Gasteiger partial charge in [-0.05, 0) is 12.5 Å². The molecule has 1 aliphatic heterocycles. The van der Waals surface area contributed by atoms with E-state index in [9.17, 15) is 0 Å². The van der Waals surface area contributed by atoms with Crippen molar-refractivity contribution < 1.29 is 4.74 Å². The average Bonchev–Trinajstić information content (AvgIpc) is 2.44. The van der Waals surface area contributed by atoms with Gasteiger partial charge in [0, 0.05) is 12.8 Å². The van der Waals surface area contributed by atoms with Gasteiger partial charge in [0.05, 0.1) is 12.3 Å². The first kappa shape index (κ1) is 10.9. The van der Waals surface area contributed by atoms with Gasteiger partial charge in [0.1, 0.15) is 0 Å². The third-order valence-electron chi connectivity index (χ3n) is 2.65. The predicted molar refractivity (Wildman–Crippen MR) is 65.9 cm³/mol. The van der Waals surface area contributed by atoms with E-state index >= 15 is 0 Å². The average molecular weight is 216 g/mol. The van der Waals surface area contributed by atoms with Gasteiger partial charge in [0.2, 0.25) is 5.90 Å². The minimum absolute atomic E-state index is 0.268. The standard InChI is InChI=1S/C13H16N2O/c1-9-4-6-12(7-5-9)13-10(2)8-16-11(3)14-15-13/h4-7,10H,8H2,1-3H3. The Morgan fingerprint density at radius 2 is 1.81 bits per heavy atom. The molecule has 1 aromatic rings. The molecule has 1 heterocycles. The predicted octanol–water partition coefficient (Wildman–Crippen LogP) is 2.78. The Balaban J connectivity index is 2.34. The Morgan fingerprint density at radius 3 is 2.50 bits per heavy atom. The monoisotopic (exact) mass is 216 g/mol. The summed E-state index contributed by atoms with van der Waals surface area (Å²) in [5.74, 6) is 0.901. The molecule has 0 radical (unpaired) electrons. The molecule has 0 spiro atoms. The minimum atomic E-state index is 0.268. The lowest BCUT2D eigenvalue weighted by molar-refractivity contribution is 0.281. The summed E-state index contributed by atoms with van der Waals surface area (Å²) < 4.78 is 5.43. The molecule has 0 saturated carbocycles. The molecule has 16 heavy (non-hydrogen) atoms. The minimum Gasteiger partial charge on any atom is -0.479 e. The number of benzene rings is 1.